The topological polar surface area (TPSA) is 140 Å². The van der Waals surface area contributed by atoms with Gasteiger partial charge in [0.05, 0.1) is 11.6 Å². The van der Waals surface area contributed by atoms with Crippen molar-refractivity contribution in [1.82, 2.24) is 14.4 Å². The van der Waals surface area contributed by atoms with E-state index in [4.69, 9.17) is 19.5 Å². The van der Waals surface area contributed by atoms with Crippen LogP contribution >= 0.6 is 0 Å². The molecule has 1 amide bonds. The van der Waals surface area contributed by atoms with Crippen molar-refractivity contribution < 1.29 is 27.4 Å². The highest BCUT2D eigenvalue weighted by atomic mass is 32.2. The van der Waals surface area contributed by atoms with Crippen LogP contribution in [-0.4, -0.2) is 25.9 Å². The second-order valence-corrected chi connectivity index (χ2v) is 9.11. The lowest BCUT2D eigenvalue weighted by Gasteiger charge is -2.24. The van der Waals surface area contributed by atoms with Crippen molar-refractivity contribution in [1.29, 1.82) is 5.26 Å². The molecular formula is C23H18N4O6S. The summed E-state index contributed by atoms with van der Waals surface area (Å²) < 4.78 is 45.5. The summed E-state index contributed by atoms with van der Waals surface area (Å²) in [5.41, 5.74) is 1.90. The molecule has 2 aromatic carbocycles. The Bertz CT molecular complexity index is 1380. The van der Waals surface area contributed by atoms with E-state index in [2.05, 4.69) is 9.71 Å². The molecule has 2 aliphatic rings. The molecule has 0 radical (unpaired) electrons. The van der Waals surface area contributed by atoms with E-state index in [0.717, 1.165) is 5.56 Å². The van der Waals surface area contributed by atoms with E-state index in [1.165, 1.54) is 6.20 Å². The number of nitrogens with zero attached hydrogens (tertiary/aromatic N) is 2. The molecule has 2 N–H and O–H groups in total. The number of nitrogens with one attached hydrogen (secondary N) is 2. The Morgan fingerprint density at radius 1 is 1.12 bits per heavy atom. The van der Waals surface area contributed by atoms with Gasteiger partial charge in [-0.3, -0.25) is 4.79 Å². The van der Waals surface area contributed by atoms with Gasteiger partial charge in [-0.05, 0) is 29.8 Å². The number of pyridine rings is 1. The van der Waals surface area contributed by atoms with Crippen molar-refractivity contribution in [3.05, 3.63) is 77.5 Å². The third-order valence-corrected chi connectivity index (χ3v) is 6.40. The van der Waals surface area contributed by atoms with Crippen molar-refractivity contribution in [3.8, 4) is 29.2 Å². The van der Waals surface area contributed by atoms with Crippen molar-refractivity contribution in [2.75, 3.05) is 6.61 Å². The molecule has 0 bridgehead atoms. The minimum absolute atomic E-state index is 0.0140. The summed E-state index contributed by atoms with van der Waals surface area (Å²) in [6.45, 7) is 0.279. The molecule has 1 aromatic heterocycles. The highest BCUT2D eigenvalue weighted by molar-refractivity contribution is 7.88. The van der Waals surface area contributed by atoms with Crippen LogP contribution in [0.2, 0.25) is 0 Å². The first-order chi connectivity index (χ1) is 16.4. The molecule has 3 aromatic rings. The first-order valence-electron chi connectivity index (χ1n) is 10.3. The monoisotopic (exact) mass is 478 g/mol. The Hall–Kier alpha value is -4.14. The highest BCUT2D eigenvalue weighted by Crippen LogP contribution is 2.43. The lowest BCUT2D eigenvalue weighted by atomic mass is 10.0. The molecule has 3 heterocycles. The summed E-state index contributed by atoms with van der Waals surface area (Å²) >= 11 is 0. The Balaban J connectivity index is 1.29. The summed E-state index contributed by atoms with van der Waals surface area (Å²) in [4.78, 5) is 15.8. The zero-order chi connectivity index (χ0) is 23.7. The average Bonchev–Trinajstić information content (AvgIpc) is 3.22. The SMILES string of the molecule is N#Cc1ccc(Oc2cccc3c2OC[C@H]3Oc2ccc(C3CC(=O)NS(=O)(=O)N3)cc2)nc1. The zero-order valence-electron chi connectivity index (χ0n) is 17.6. The molecule has 2 atom stereocenters. The van der Waals surface area contributed by atoms with Crippen molar-refractivity contribution in [2.24, 2.45) is 0 Å². The normalized spacial score (nSPS) is 20.4. The number of carbonyl (C=O) groups excluding carboxylic acids is 1. The molecule has 0 saturated carbocycles. The number of amides is 1. The lowest BCUT2D eigenvalue weighted by Crippen LogP contribution is -2.48. The Morgan fingerprint density at radius 2 is 1.94 bits per heavy atom. The maximum atomic E-state index is 11.7. The number of fused-ring (bicyclic) bond motifs is 1. The van der Waals surface area contributed by atoms with E-state index < -0.39 is 22.2 Å². The van der Waals surface area contributed by atoms with Gasteiger partial charge in [0.15, 0.2) is 17.6 Å². The molecule has 2 aliphatic heterocycles. The standard InChI is InChI=1S/C23H18N4O6S/c24-11-14-4-9-22(25-12-14)33-19-3-1-2-17-20(13-31-23(17)19)32-16-7-5-15(6-8-16)18-10-21(28)27-34(29,30)26-18/h1-9,12,18,20,26H,10,13H2,(H,27,28)/t18?,20-/m1/s1. The molecule has 0 aliphatic carbocycles. The second kappa shape index (κ2) is 8.66. The van der Waals surface area contributed by atoms with Crippen LogP contribution in [0.5, 0.6) is 23.1 Å². The third-order valence-electron chi connectivity index (χ3n) is 5.31. The van der Waals surface area contributed by atoms with Crippen LogP contribution in [-0.2, 0) is 15.0 Å². The summed E-state index contributed by atoms with van der Waals surface area (Å²) in [5, 5.41) is 8.90. The van der Waals surface area contributed by atoms with E-state index in [0.29, 0.717) is 34.3 Å². The Kier molecular flexibility index (Phi) is 5.53. The van der Waals surface area contributed by atoms with Gasteiger partial charge in [-0.1, -0.05) is 24.3 Å². The number of para-hydroxylation sites is 1. The fraction of sp³-hybridized carbons (Fsp3) is 0.174. The number of benzene rings is 2. The number of rotatable bonds is 5. The fourth-order valence-corrected chi connectivity index (χ4v) is 4.79. The van der Waals surface area contributed by atoms with Crippen molar-refractivity contribution >= 4 is 16.1 Å². The van der Waals surface area contributed by atoms with Gasteiger partial charge in [0.1, 0.15) is 18.4 Å². The van der Waals surface area contributed by atoms with Crippen LogP contribution in [0.15, 0.2) is 60.8 Å². The van der Waals surface area contributed by atoms with Crippen LogP contribution in [0.25, 0.3) is 0 Å². The summed E-state index contributed by atoms with van der Waals surface area (Å²) in [5.74, 6) is 1.38. The van der Waals surface area contributed by atoms with Gasteiger partial charge in [0, 0.05) is 24.2 Å². The molecule has 5 rings (SSSR count). The van der Waals surface area contributed by atoms with Crippen molar-refractivity contribution in [3.63, 3.8) is 0 Å². The van der Waals surface area contributed by atoms with Gasteiger partial charge >= 0.3 is 10.2 Å². The lowest BCUT2D eigenvalue weighted by molar-refractivity contribution is -0.120. The second-order valence-electron chi connectivity index (χ2n) is 7.66. The molecule has 34 heavy (non-hydrogen) atoms. The Labute approximate surface area is 195 Å². The largest absolute Gasteiger partial charge is 0.485 e. The van der Waals surface area contributed by atoms with Crippen molar-refractivity contribution in [2.45, 2.75) is 18.6 Å². The fourth-order valence-electron chi connectivity index (χ4n) is 3.75. The van der Waals surface area contributed by atoms with Crippen LogP contribution in [0, 0.1) is 11.3 Å². The maximum absolute atomic E-state index is 11.7. The molecule has 1 unspecified atom stereocenters. The predicted octanol–water partition coefficient (Wildman–Crippen LogP) is 2.65. The molecule has 10 nitrogen and oxygen atoms in total. The first kappa shape index (κ1) is 21.7. The van der Waals surface area contributed by atoms with Crippen LogP contribution < -0.4 is 23.7 Å². The minimum Gasteiger partial charge on any atom is -0.485 e. The number of hydrogen-bond donors (Lipinski definition) is 2. The third kappa shape index (κ3) is 4.50. The smallest absolute Gasteiger partial charge is 0.301 e. The number of aromatic nitrogens is 1. The van der Waals surface area contributed by atoms with Crippen LogP contribution in [0.3, 0.4) is 0 Å². The van der Waals surface area contributed by atoms with Gasteiger partial charge in [-0.15, -0.1) is 0 Å². The molecule has 1 fully saturated rings. The molecule has 1 saturated heterocycles. The summed E-state index contributed by atoms with van der Waals surface area (Å²) in [6.07, 6.45) is 1.07. The summed E-state index contributed by atoms with van der Waals surface area (Å²) in [7, 11) is -3.85. The van der Waals surface area contributed by atoms with E-state index >= 15 is 0 Å². The van der Waals surface area contributed by atoms with E-state index in [1.807, 2.05) is 22.9 Å². The maximum Gasteiger partial charge on any atom is 0.301 e. The molecule has 172 valence electrons. The van der Waals surface area contributed by atoms with E-state index in [9.17, 15) is 13.2 Å². The van der Waals surface area contributed by atoms with Gasteiger partial charge < -0.3 is 14.2 Å². The molecule has 0 spiro atoms. The van der Waals surface area contributed by atoms with Gasteiger partial charge in [-0.25, -0.2) is 9.71 Å². The molecule has 11 heteroatoms. The number of carbonyl (C=O) groups is 1. The average molecular weight is 478 g/mol. The predicted molar refractivity (Wildman–Crippen MR) is 118 cm³/mol. The van der Waals surface area contributed by atoms with E-state index in [-0.39, 0.29) is 19.1 Å². The zero-order valence-corrected chi connectivity index (χ0v) is 18.4. The van der Waals surface area contributed by atoms with Gasteiger partial charge in [0.25, 0.3) is 0 Å². The van der Waals surface area contributed by atoms with Gasteiger partial charge in [-0.2, -0.15) is 18.4 Å². The van der Waals surface area contributed by atoms with Gasteiger partial charge in [0.2, 0.25) is 11.8 Å². The highest BCUT2D eigenvalue weighted by Gasteiger charge is 2.31. The first-order valence-corrected chi connectivity index (χ1v) is 11.8. The van der Waals surface area contributed by atoms with Crippen LogP contribution in [0.4, 0.5) is 0 Å². The number of ether oxygens (including phenoxy) is 3. The molecular weight excluding hydrogens is 460 g/mol. The minimum atomic E-state index is -3.85. The number of nitriles is 1. The summed E-state index contributed by atoms with van der Waals surface area (Å²) in [6, 6.07) is 16.9. The van der Waals surface area contributed by atoms with E-state index in [1.54, 1.807) is 42.5 Å². The number of hydrogen-bond acceptors (Lipinski definition) is 8. The quantitative estimate of drug-likeness (QED) is 0.570. The van der Waals surface area contributed by atoms with Crippen LogP contribution in [0.1, 0.15) is 35.3 Å². The Morgan fingerprint density at radius 3 is 2.65 bits per heavy atom.